The van der Waals surface area contributed by atoms with Crippen molar-refractivity contribution in [3.8, 4) is 22.7 Å². The number of allylic oxidation sites excluding steroid dienone is 1. The highest BCUT2D eigenvalue weighted by Crippen LogP contribution is 2.32. The zero-order chi connectivity index (χ0) is 29.4. The maximum atomic E-state index is 14.1. The normalized spacial score (nSPS) is 14.9. The third kappa shape index (κ3) is 5.03. The number of halogens is 1. The predicted octanol–water partition coefficient (Wildman–Crippen LogP) is 5.03. The van der Waals surface area contributed by atoms with Gasteiger partial charge >= 0.3 is 5.97 Å². The fourth-order valence-electron chi connectivity index (χ4n) is 4.97. The van der Waals surface area contributed by atoms with Gasteiger partial charge in [0, 0.05) is 21.8 Å². The van der Waals surface area contributed by atoms with Crippen LogP contribution >= 0.6 is 27.3 Å². The van der Waals surface area contributed by atoms with Crippen molar-refractivity contribution in [2.45, 2.75) is 13.0 Å². The van der Waals surface area contributed by atoms with E-state index in [2.05, 4.69) is 20.9 Å². The van der Waals surface area contributed by atoms with Crippen LogP contribution in [0, 0.1) is 0 Å². The molecule has 1 unspecified atom stereocenters. The van der Waals surface area contributed by atoms with Crippen LogP contribution in [0.2, 0.25) is 0 Å². The molecule has 0 amide bonds. The Morgan fingerprint density at radius 2 is 1.71 bits per heavy atom. The number of aromatic nitrogens is 3. The Kier molecular flexibility index (Phi) is 7.49. The summed E-state index contributed by atoms with van der Waals surface area (Å²) in [6.07, 6.45) is 3.76. The molecule has 210 valence electrons. The smallest absolute Gasteiger partial charge is 0.338 e. The van der Waals surface area contributed by atoms with Gasteiger partial charge < -0.3 is 9.47 Å². The first kappa shape index (κ1) is 27.6. The van der Waals surface area contributed by atoms with Gasteiger partial charge in [-0.15, -0.1) is 0 Å². The van der Waals surface area contributed by atoms with E-state index >= 15 is 0 Å². The van der Waals surface area contributed by atoms with E-state index in [9.17, 15) is 9.59 Å². The molecule has 0 spiro atoms. The van der Waals surface area contributed by atoms with Crippen molar-refractivity contribution in [3.63, 3.8) is 0 Å². The van der Waals surface area contributed by atoms with Crippen LogP contribution in [0.4, 0.5) is 0 Å². The van der Waals surface area contributed by atoms with E-state index in [0.717, 1.165) is 32.5 Å². The maximum Gasteiger partial charge on any atom is 0.338 e. The number of hydrogen-bond acceptors (Lipinski definition) is 7. The summed E-state index contributed by atoms with van der Waals surface area (Å²) in [6, 6.07) is 24.3. The summed E-state index contributed by atoms with van der Waals surface area (Å²) in [4.78, 5) is 32.2. The van der Waals surface area contributed by atoms with E-state index < -0.39 is 12.0 Å². The van der Waals surface area contributed by atoms with E-state index in [1.807, 2.05) is 79.0 Å². The monoisotopic (exact) mass is 640 g/mol. The minimum Gasteiger partial charge on any atom is -0.497 e. The summed E-state index contributed by atoms with van der Waals surface area (Å²) in [5, 5.41) is 4.89. The Balaban J connectivity index is 1.56. The number of carbonyl (C=O) groups is 1. The number of hydrogen-bond donors (Lipinski definition) is 0. The summed E-state index contributed by atoms with van der Waals surface area (Å²) < 4.78 is 15.2. The third-order valence-corrected chi connectivity index (χ3v) is 8.54. The quantitative estimate of drug-likeness (QED) is 0.243. The standard InChI is InChI=1S/C32H25BrN4O4S/c1-19-27(31(39)41-3)29(21-11-15-25(40-2)16-12-21)37-30(38)26(42-32(37)34-19)17-22-18-36(24-7-5-4-6-8-24)35-28(22)20-9-13-23(33)14-10-20/h4-18,29H,1-3H3/b26-17-. The van der Waals surface area contributed by atoms with Gasteiger partial charge in [0.15, 0.2) is 4.80 Å². The minimum absolute atomic E-state index is 0.261. The number of methoxy groups -OCH3 is 2. The van der Waals surface area contributed by atoms with Crippen molar-refractivity contribution in [3.05, 3.63) is 132 Å². The molecule has 1 atom stereocenters. The van der Waals surface area contributed by atoms with Crippen LogP contribution in [0.5, 0.6) is 5.75 Å². The maximum absolute atomic E-state index is 14.1. The van der Waals surface area contributed by atoms with E-state index in [4.69, 9.17) is 14.6 Å². The van der Waals surface area contributed by atoms with Gasteiger partial charge in [-0.05, 0) is 55.0 Å². The fourth-order valence-corrected chi connectivity index (χ4v) is 6.28. The van der Waals surface area contributed by atoms with E-state index in [-0.39, 0.29) is 5.56 Å². The molecule has 0 aliphatic carbocycles. The van der Waals surface area contributed by atoms with Crippen molar-refractivity contribution >= 4 is 39.3 Å². The molecule has 0 N–H and O–H groups in total. The molecule has 0 bridgehead atoms. The van der Waals surface area contributed by atoms with Crippen LogP contribution in [0.1, 0.15) is 24.1 Å². The number of para-hydroxylation sites is 1. The Hall–Kier alpha value is -4.54. The molecule has 1 aliphatic rings. The molecule has 3 aromatic carbocycles. The third-order valence-electron chi connectivity index (χ3n) is 7.03. The highest BCUT2D eigenvalue weighted by molar-refractivity contribution is 9.10. The molecule has 10 heteroatoms. The fraction of sp³-hybridized carbons (Fsp3) is 0.125. The van der Waals surface area contributed by atoms with E-state index in [1.165, 1.54) is 18.4 Å². The van der Waals surface area contributed by atoms with Crippen molar-refractivity contribution < 1.29 is 14.3 Å². The topological polar surface area (TPSA) is 87.7 Å². The van der Waals surface area contributed by atoms with Crippen LogP contribution in [0.25, 0.3) is 23.0 Å². The predicted molar refractivity (Wildman–Crippen MR) is 165 cm³/mol. The van der Waals surface area contributed by atoms with Crippen molar-refractivity contribution in [1.82, 2.24) is 14.3 Å². The summed E-state index contributed by atoms with van der Waals surface area (Å²) in [5.41, 5.74) is 4.61. The van der Waals surface area contributed by atoms with Crippen LogP contribution in [-0.4, -0.2) is 34.5 Å². The molecule has 5 aromatic rings. The Labute approximate surface area is 253 Å². The lowest BCUT2D eigenvalue weighted by atomic mass is 9.96. The van der Waals surface area contributed by atoms with Gasteiger partial charge in [0.25, 0.3) is 5.56 Å². The van der Waals surface area contributed by atoms with Gasteiger partial charge in [0.1, 0.15) is 5.75 Å². The number of ether oxygens (including phenoxy) is 2. The van der Waals surface area contributed by atoms with E-state index in [1.54, 1.807) is 35.4 Å². The number of rotatable bonds is 6. The zero-order valence-electron chi connectivity index (χ0n) is 22.9. The zero-order valence-corrected chi connectivity index (χ0v) is 25.3. The summed E-state index contributed by atoms with van der Waals surface area (Å²) in [7, 11) is 2.91. The molecule has 0 radical (unpaired) electrons. The van der Waals surface area contributed by atoms with Gasteiger partial charge in [-0.2, -0.15) is 5.10 Å². The molecule has 3 heterocycles. The number of benzene rings is 3. The molecule has 8 nitrogen and oxygen atoms in total. The van der Waals surface area contributed by atoms with Crippen molar-refractivity contribution in [1.29, 1.82) is 0 Å². The van der Waals surface area contributed by atoms with Crippen molar-refractivity contribution in [2.75, 3.05) is 14.2 Å². The summed E-state index contributed by atoms with van der Waals surface area (Å²) in [5.74, 6) is 0.135. The molecular formula is C32H25BrN4O4S. The average molecular weight is 642 g/mol. The number of thiazole rings is 1. The Bertz CT molecular complexity index is 2010. The Morgan fingerprint density at radius 3 is 2.38 bits per heavy atom. The summed E-state index contributed by atoms with van der Waals surface area (Å²) >= 11 is 4.77. The molecule has 0 saturated carbocycles. The van der Waals surface area contributed by atoms with Gasteiger partial charge in [-0.1, -0.05) is 69.7 Å². The van der Waals surface area contributed by atoms with Gasteiger partial charge in [0.2, 0.25) is 0 Å². The lowest BCUT2D eigenvalue weighted by Crippen LogP contribution is -2.39. The minimum atomic E-state index is -0.709. The van der Waals surface area contributed by atoms with Crippen LogP contribution in [-0.2, 0) is 9.53 Å². The largest absolute Gasteiger partial charge is 0.497 e. The van der Waals surface area contributed by atoms with Gasteiger partial charge in [0.05, 0.1) is 47.4 Å². The molecule has 6 rings (SSSR count). The Morgan fingerprint density at radius 1 is 1.00 bits per heavy atom. The molecular weight excluding hydrogens is 616 g/mol. The lowest BCUT2D eigenvalue weighted by molar-refractivity contribution is -0.136. The second-order valence-corrected chi connectivity index (χ2v) is 11.5. The first-order valence-corrected chi connectivity index (χ1v) is 14.6. The van der Waals surface area contributed by atoms with Gasteiger partial charge in [-0.3, -0.25) is 9.36 Å². The molecule has 1 aliphatic heterocycles. The SMILES string of the molecule is COC(=O)C1=C(C)N=c2s/c(=C\c3cn(-c4ccccc4)nc3-c3ccc(Br)cc3)c(=O)n2C1c1ccc(OC)cc1. The van der Waals surface area contributed by atoms with Crippen LogP contribution in [0.3, 0.4) is 0 Å². The average Bonchev–Trinajstić information content (AvgIpc) is 3.57. The summed E-state index contributed by atoms with van der Waals surface area (Å²) in [6.45, 7) is 1.76. The number of nitrogens with zero attached hydrogens (tertiary/aromatic N) is 4. The molecule has 0 fully saturated rings. The number of esters is 1. The van der Waals surface area contributed by atoms with Crippen LogP contribution in [0.15, 0.2) is 111 Å². The number of carbonyl (C=O) groups excluding carboxylic acids is 1. The van der Waals surface area contributed by atoms with Crippen LogP contribution < -0.4 is 19.6 Å². The molecule has 42 heavy (non-hydrogen) atoms. The molecule has 0 saturated heterocycles. The van der Waals surface area contributed by atoms with E-state index in [0.29, 0.717) is 26.4 Å². The highest BCUT2D eigenvalue weighted by Gasteiger charge is 2.33. The number of fused-ring (bicyclic) bond motifs is 1. The first-order chi connectivity index (χ1) is 20.4. The highest BCUT2D eigenvalue weighted by atomic mass is 79.9. The molecule has 2 aromatic heterocycles. The van der Waals surface area contributed by atoms with Gasteiger partial charge in [-0.25, -0.2) is 14.5 Å². The second kappa shape index (κ2) is 11.4. The first-order valence-electron chi connectivity index (χ1n) is 13.0. The lowest BCUT2D eigenvalue weighted by Gasteiger charge is -2.24. The van der Waals surface area contributed by atoms with Crippen molar-refractivity contribution in [2.24, 2.45) is 4.99 Å². The second-order valence-electron chi connectivity index (χ2n) is 9.57.